The number of hydrogen-bond donors (Lipinski definition) is 1. The predicted octanol–water partition coefficient (Wildman–Crippen LogP) is 2.88. The number of carbonyl (C=O) groups excluding carboxylic acids is 2. The molecular weight excluding hydrogens is 290 g/mol. The molecule has 23 heavy (non-hydrogen) atoms. The molecule has 1 aliphatic rings. The summed E-state index contributed by atoms with van der Waals surface area (Å²) in [7, 11) is 0. The number of rotatable bonds is 3. The average molecular weight is 309 g/mol. The van der Waals surface area contributed by atoms with Gasteiger partial charge in [-0.15, -0.1) is 0 Å². The summed E-state index contributed by atoms with van der Waals surface area (Å²) >= 11 is 0. The van der Waals surface area contributed by atoms with Crippen LogP contribution in [0.3, 0.4) is 0 Å². The Labute approximate surface area is 135 Å². The summed E-state index contributed by atoms with van der Waals surface area (Å²) in [5.41, 5.74) is 2.51. The highest BCUT2D eigenvalue weighted by Crippen LogP contribution is 2.16. The maximum absolute atomic E-state index is 12.4. The Bertz CT molecular complexity index is 737. The van der Waals surface area contributed by atoms with Gasteiger partial charge < -0.3 is 10.2 Å². The smallest absolute Gasteiger partial charge is 0.272 e. The van der Waals surface area contributed by atoms with Crippen molar-refractivity contribution in [1.82, 2.24) is 9.88 Å². The zero-order chi connectivity index (χ0) is 16.2. The van der Waals surface area contributed by atoms with E-state index in [4.69, 9.17) is 0 Å². The Hall–Kier alpha value is -2.69. The minimum absolute atomic E-state index is 0.104. The number of para-hydroxylation sites is 1. The fraction of sp³-hybridized carbons (Fsp3) is 0.278. The lowest BCUT2D eigenvalue weighted by Gasteiger charge is -2.15. The highest BCUT2D eigenvalue weighted by molar-refractivity contribution is 6.06. The van der Waals surface area contributed by atoms with Crippen LogP contribution in [0.1, 0.15) is 39.3 Å². The number of pyridine rings is 1. The molecule has 1 N–H and O–H groups in total. The first-order chi connectivity index (χ1) is 11.1. The zero-order valence-corrected chi connectivity index (χ0v) is 13.1. The van der Waals surface area contributed by atoms with Gasteiger partial charge >= 0.3 is 0 Å². The van der Waals surface area contributed by atoms with Crippen molar-refractivity contribution in [3.05, 3.63) is 59.4 Å². The second-order valence-electron chi connectivity index (χ2n) is 5.70. The number of nitrogens with one attached hydrogen (secondary N) is 1. The molecule has 0 bridgehead atoms. The van der Waals surface area contributed by atoms with E-state index in [1.54, 1.807) is 17.0 Å². The lowest BCUT2D eigenvalue weighted by Crippen LogP contribution is -2.28. The van der Waals surface area contributed by atoms with Crippen molar-refractivity contribution in [2.75, 3.05) is 18.4 Å². The van der Waals surface area contributed by atoms with Crippen LogP contribution in [0.2, 0.25) is 0 Å². The normalized spacial score (nSPS) is 13.9. The molecule has 118 valence electrons. The van der Waals surface area contributed by atoms with Gasteiger partial charge in [-0.2, -0.15) is 0 Å². The van der Waals surface area contributed by atoms with Gasteiger partial charge in [0, 0.05) is 30.5 Å². The molecule has 0 spiro atoms. The van der Waals surface area contributed by atoms with Gasteiger partial charge in [0.05, 0.1) is 0 Å². The molecule has 5 heteroatoms. The number of aromatic nitrogens is 1. The molecule has 1 saturated heterocycles. The molecule has 2 aromatic rings. The van der Waals surface area contributed by atoms with Crippen LogP contribution >= 0.6 is 0 Å². The Balaban J connectivity index is 1.77. The van der Waals surface area contributed by atoms with E-state index in [0.29, 0.717) is 11.3 Å². The SMILES string of the molecule is Cc1ccccc1NC(=O)c1ccnc(C(=O)N2CCCC2)c1. The van der Waals surface area contributed by atoms with Gasteiger partial charge in [0.2, 0.25) is 0 Å². The highest BCUT2D eigenvalue weighted by atomic mass is 16.2. The molecule has 0 unspecified atom stereocenters. The second kappa shape index (κ2) is 6.60. The van der Waals surface area contributed by atoms with Crippen molar-refractivity contribution in [2.24, 2.45) is 0 Å². The molecule has 5 nitrogen and oxygen atoms in total. The van der Waals surface area contributed by atoms with Crippen molar-refractivity contribution in [1.29, 1.82) is 0 Å². The first kappa shape index (κ1) is 15.2. The lowest BCUT2D eigenvalue weighted by molar-refractivity contribution is 0.0787. The van der Waals surface area contributed by atoms with E-state index in [0.717, 1.165) is 37.2 Å². The van der Waals surface area contributed by atoms with Crippen LogP contribution in [0.4, 0.5) is 5.69 Å². The fourth-order valence-electron chi connectivity index (χ4n) is 2.68. The third-order valence-corrected chi connectivity index (χ3v) is 4.03. The molecule has 0 aliphatic carbocycles. The Morgan fingerprint density at radius 2 is 1.87 bits per heavy atom. The van der Waals surface area contributed by atoms with Crippen molar-refractivity contribution in [2.45, 2.75) is 19.8 Å². The number of anilines is 1. The minimum atomic E-state index is -0.239. The van der Waals surface area contributed by atoms with Crippen LogP contribution in [0, 0.1) is 6.92 Å². The molecule has 1 fully saturated rings. The van der Waals surface area contributed by atoms with Crippen molar-refractivity contribution in [3.8, 4) is 0 Å². The minimum Gasteiger partial charge on any atom is -0.337 e. The topological polar surface area (TPSA) is 62.3 Å². The molecule has 0 radical (unpaired) electrons. The van der Waals surface area contributed by atoms with Gasteiger partial charge in [-0.1, -0.05) is 18.2 Å². The molecule has 0 saturated carbocycles. The molecular formula is C18H19N3O2. The van der Waals surface area contributed by atoms with E-state index in [-0.39, 0.29) is 11.8 Å². The van der Waals surface area contributed by atoms with Crippen LogP contribution in [0.15, 0.2) is 42.6 Å². The molecule has 1 aliphatic heterocycles. The van der Waals surface area contributed by atoms with E-state index >= 15 is 0 Å². The zero-order valence-electron chi connectivity index (χ0n) is 13.1. The number of likely N-dealkylation sites (tertiary alicyclic amines) is 1. The molecule has 1 aromatic heterocycles. The van der Waals surface area contributed by atoms with Crippen LogP contribution in [-0.4, -0.2) is 34.8 Å². The van der Waals surface area contributed by atoms with Gasteiger partial charge in [0.1, 0.15) is 5.69 Å². The number of benzene rings is 1. The van der Waals surface area contributed by atoms with Gasteiger partial charge in [-0.3, -0.25) is 14.6 Å². The number of hydrogen-bond acceptors (Lipinski definition) is 3. The summed E-state index contributed by atoms with van der Waals surface area (Å²) < 4.78 is 0. The number of amides is 2. The maximum atomic E-state index is 12.4. The molecule has 1 aromatic carbocycles. The van der Waals surface area contributed by atoms with E-state index in [1.165, 1.54) is 6.20 Å². The quantitative estimate of drug-likeness (QED) is 0.948. The fourth-order valence-corrected chi connectivity index (χ4v) is 2.68. The lowest BCUT2D eigenvalue weighted by atomic mass is 10.1. The Morgan fingerprint density at radius 1 is 1.13 bits per heavy atom. The Kier molecular flexibility index (Phi) is 4.37. The number of nitrogens with zero attached hydrogens (tertiary/aromatic N) is 2. The first-order valence-corrected chi connectivity index (χ1v) is 7.77. The van der Waals surface area contributed by atoms with Crippen molar-refractivity contribution in [3.63, 3.8) is 0 Å². The Morgan fingerprint density at radius 3 is 2.61 bits per heavy atom. The predicted molar refractivity (Wildman–Crippen MR) is 88.5 cm³/mol. The van der Waals surface area contributed by atoms with Crippen LogP contribution in [-0.2, 0) is 0 Å². The van der Waals surface area contributed by atoms with Gasteiger partial charge in [0.15, 0.2) is 0 Å². The number of carbonyl (C=O) groups is 2. The highest BCUT2D eigenvalue weighted by Gasteiger charge is 2.21. The largest absolute Gasteiger partial charge is 0.337 e. The van der Waals surface area contributed by atoms with E-state index in [9.17, 15) is 9.59 Å². The van der Waals surface area contributed by atoms with Crippen molar-refractivity contribution >= 4 is 17.5 Å². The maximum Gasteiger partial charge on any atom is 0.272 e. The summed E-state index contributed by atoms with van der Waals surface area (Å²) in [4.78, 5) is 30.7. The standard InChI is InChI=1S/C18H19N3O2/c1-13-6-2-3-7-15(13)20-17(22)14-8-9-19-16(12-14)18(23)21-10-4-5-11-21/h2-3,6-9,12H,4-5,10-11H2,1H3,(H,20,22). The molecule has 2 amide bonds. The summed E-state index contributed by atoms with van der Waals surface area (Å²) in [6, 6.07) is 10.8. The number of aryl methyl sites for hydroxylation is 1. The molecule has 3 rings (SSSR count). The third kappa shape index (κ3) is 3.39. The third-order valence-electron chi connectivity index (χ3n) is 4.03. The van der Waals surface area contributed by atoms with E-state index in [1.807, 2.05) is 31.2 Å². The monoisotopic (exact) mass is 309 g/mol. The van der Waals surface area contributed by atoms with Crippen LogP contribution in [0.5, 0.6) is 0 Å². The van der Waals surface area contributed by atoms with E-state index in [2.05, 4.69) is 10.3 Å². The molecule has 2 heterocycles. The van der Waals surface area contributed by atoms with Crippen molar-refractivity contribution < 1.29 is 9.59 Å². The summed E-state index contributed by atoms with van der Waals surface area (Å²) in [5, 5.41) is 2.87. The average Bonchev–Trinajstić information content (AvgIpc) is 3.11. The second-order valence-corrected chi connectivity index (χ2v) is 5.70. The van der Waals surface area contributed by atoms with Crippen LogP contribution in [0.25, 0.3) is 0 Å². The van der Waals surface area contributed by atoms with Gasteiger partial charge in [0.25, 0.3) is 11.8 Å². The molecule has 0 atom stereocenters. The van der Waals surface area contributed by atoms with E-state index < -0.39 is 0 Å². The van der Waals surface area contributed by atoms with Gasteiger partial charge in [-0.25, -0.2) is 0 Å². The first-order valence-electron chi connectivity index (χ1n) is 7.77. The summed E-state index contributed by atoms with van der Waals surface area (Å²) in [5.74, 6) is -0.342. The van der Waals surface area contributed by atoms with Gasteiger partial charge in [-0.05, 0) is 43.5 Å². The summed E-state index contributed by atoms with van der Waals surface area (Å²) in [6.45, 7) is 3.46. The summed E-state index contributed by atoms with van der Waals surface area (Å²) in [6.07, 6.45) is 3.56. The van der Waals surface area contributed by atoms with Crippen LogP contribution < -0.4 is 5.32 Å².